The Kier molecular flexibility index (Phi) is 33.2. The Labute approximate surface area is 766 Å². The molecule has 0 radical (unpaired) electrons. The van der Waals surface area contributed by atoms with Crippen LogP contribution in [0.15, 0.2) is 437 Å². The maximum atomic E-state index is 7.60. The molecular weight excluding hydrogens is 2230 g/mol. The van der Waals surface area contributed by atoms with Gasteiger partial charge in [-0.15, -0.1) is 70.8 Å². The summed E-state index contributed by atoms with van der Waals surface area (Å²) in [6, 6.07) is 156. The molecule has 0 unspecified atom stereocenters. The summed E-state index contributed by atoms with van der Waals surface area (Å²) >= 11 is 0. The van der Waals surface area contributed by atoms with E-state index in [1.54, 1.807) is 0 Å². The van der Waals surface area contributed by atoms with Crippen molar-refractivity contribution in [3.8, 4) is 45.9 Å². The first-order valence-electron chi connectivity index (χ1n) is 38.8. The predicted octanol–water partition coefficient (Wildman–Crippen LogP) is 21.3. The molecule has 0 atom stereocenters. The molecule has 2 aliphatic carbocycles. The average Bonchev–Trinajstić information content (AvgIpc) is 1.54. The molecule has 0 aliphatic heterocycles. The molecule has 0 spiro atoms. The van der Waals surface area contributed by atoms with Crippen LogP contribution >= 0.6 is 31.7 Å². The second-order valence-corrected chi connectivity index (χ2v) is 38.8. The molecule has 2 aliphatic rings. The number of fused-ring (bicyclic) bond motifs is 6. The minimum atomic E-state index is -0.783. The SMILES string of the molecule is [Au+].[Au+].[Au+].[Au+].[C-]#Cc1ccc2c(c1)-c1cc(C#[C-])ccc1C2(c1ccccc1)c1ccccc1.[C-]#Cc1ccc2c(c1)-c1cc(C#[C-])ccc1C2(c1ccccc1)c1ccccc1.c1ccc([PH+](CC[PH+](c2ccccc2)c2ccccc2)c2ccccc2)cc1.c1ccc([PH+](CC[PH+](c2ccccc2)c2ccccc2)c2ccccc2)cc1. The van der Waals surface area contributed by atoms with Gasteiger partial charge in [0.2, 0.25) is 0 Å². The molecule has 18 rings (SSSR count). The Balaban J connectivity index is 0.000000153. The summed E-state index contributed by atoms with van der Waals surface area (Å²) in [5.74, 6) is 10.1. The molecule has 0 N–H and O–H groups in total. The van der Waals surface area contributed by atoms with Crippen molar-refractivity contribution in [3.05, 3.63) is 529 Å². The summed E-state index contributed by atoms with van der Waals surface area (Å²) in [6.07, 6.45) is 35.5. The minimum absolute atomic E-state index is 0. The quantitative estimate of drug-likeness (QED) is 0.0348. The van der Waals surface area contributed by atoms with Crippen molar-refractivity contribution in [2.45, 2.75) is 10.8 Å². The number of benzene rings is 16. The fourth-order valence-electron chi connectivity index (χ4n) is 16.7. The number of hydrogen-bond acceptors (Lipinski definition) is 0. The standard InChI is InChI=1S/2C29H16.2C26H24P2.4Au/c2*1-3-21-15-17-27-25(19-21)26-20-22(4-2)16-18-28(26)29(27,23-11-7-5-8-12-23)24-13-9-6-10-14-24;2*1-5-13-23(14-6-1)27(24-15-7-2-8-16-24)21-22-28(25-17-9-3-10-18-25)26-19-11-4-12-20-26;;;;/h2*5-20H;2*1-20H,21-22H2;;;;/q2*-2;;;4*+1/p+4. The van der Waals surface area contributed by atoms with Crippen LogP contribution in [0.5, 0.6) is 0 Å². The van der Waals surface area contributed by atoms with Gasteiger partial charge in [0.15, 0.2) is 0 Å². The van der Waals surface area contributed by atoms with Crippen LogP contribution in [0.3, 0.4) is 0 Å². The third-order valence-electron chi connectivity index (χ3n) is 21.9. The van der Waals surface area contributed by atoms with Gasteiger partial charge in [0.1, 0.15) is 24.6 Å². The van der Waals surface area contributed by atoms with E-state index in [4.69, 9.17) is 25.7 Å². The van der Waals surface area contributed by atoms with E-state index in [9.17, 15) is 0 Å². The molecule has 0 heterocycles. The summed E-state index contributed by atoms with van der Waals surface area (Å²) in [5, 5.41) is 12.1. The topological polar surface area (TPSA) is 0 Å². The molecule has 0 aromatic heterocycles. The Hall–Kier alpha value is -9.56. The maximum absolute atomic E-state index is 7.60. The fraction of sp³-hybridized carbons (Fsp3) is 0.0545. The van der Waals surface area contributed by atoms with E-state index in [2.05, 4.69) is 388 Å². The van der Waals surface area contributed by atoms with Crippen LogP contribution < -0.4 is 42.4 Å². The Morgan fingerprint density at radius 3 is 0.449 bits per heavy atom. The Bertz CT molecular complexity index is 5120. The van der Waals surface area contributed by atoms with E-state index in [0.717, 1.165) is 44.5 Å². The van der Waals surface area contributed by atoms with Crippen LogP contribution in [-0.2, 0) is 100 Å². The smallest absolute Gasteiger partial charge is 0.366 e. The van der Waals surface area contributed by atoms with Crippen molar-refractivity contribution in [1.82, 2.24) is 0 Å². The van der Waals surface area contributed by atoms with Gasteiger partial charge in [0, 0.05) is 0 Å². The molecule has 0 nitrogen and oxygen atoms in total. The molecule has 0 bridgehead atoms. The fourth-order valence-corrected chi connectivity index (χ4v) is 29.1. The van der Waals surface area contributed by atoms with E-state index in [1.165, 1.54) is 112 Å². The molecule has 0 amide bonds. The van der Waals surface area contributed by atoms with Crippen molar-refractivity contribution < 1.29 is 89.5 Å². The van der Waals surface area contributed by atoms with Gasteiger partial charge in [-0.05, 0) is 164 Å². The third kappa shape index (κ3) is 19.8. The molecule has 0 fully saturated rings. The maximum Gasteiger partial charge on any atom is 1.00 e. The van der Waals surface area contributed by atoms with Gasteiger partial charge in [-0.2, -0.15) is 0 Å². The van der Waals surface area contributed by atoms with Crippen molar-refractivity contribution in [2.75, 3.05) is 24.6 Å². The van der Waals surface area contributed by atoms with Crippen molar-refractivity contribution in [1.29, 1.82) is 0 Å². The van der Waals surface area contributed by atoms with Gasteiger partial charge in [-0.25, -0.2) is 0 Å². The van der Waals surface area contributed by atoms with Gasteiger partial charge in [-0.3, -0.25) is 23.7 Å². The van der Waals surface area contributed by atoms with Crippen molar-refractivity contribution in [3.63, 3.8) is 0 Å². The molecule has 16 aromatic rings. The van der Waals surface area contributed by atoms with Gasteiger partial charge < -0.3 is 25.7 Å². The first kappa shape index (κ1) is 89.2. The molecule has 8 heteroatoms. The van der Waals surface area contributed by atoms with Crippen LogP contribution in [-0.4, -0.2) is 24.6 Å². The van der Waals surface area contributed by atoms with Crippen LogP contribution in [0.1, 0.15) is 66.8 Å². The summed E-state index contributed by atoms with van der Waals surface area (Å²) < 4.78 is 0. The van der Waals surface area contributed by atoms with Gasteiger partial charge in [0.05, 0.1) is 85.0 Å². The van der Waals surface area contributed by atoms with E-state index < -0.39 is 42.5 Å². The first-order chi connectivity index (χ1) is 56.4. The van der Waals surface area contributed by atoms with Crippen LogP contribution in [0, 0.1) is 49.4 Å². The number of hydrogen-bond donors (Lipinski definition) is 0. The minimum Gasteiger partial charge on any atom is -0.366 e. The number of rotatable bonds is 18. The molecule has 118 heavy (non-hydrogen) atoms. The van der Waals surface area contributed by atoms with Crippen molar-refractivity contribution in [2.24, 2.45) is 0 Å². The monoisotopic (exact) mass is 2320 g/mol. The zero-order valence-corrected chi connectivity index (χ0v) is 77.3. The predicted molar refractivity (Wildman–Crippen MR) is 494 cm³/mol. The normalized spacial score (nSPS) is 11.7. The zero-order valence-electron chi connectivity index (χ0n) is 64.6. The second-order valence-electron chi connectivity index (χ2n) is 28.3. The van der Waals surface area contributed by atoms with Crippen molar-refractivity contribution >= 4 is 74.1 Å². The third-order valence-corrected chi connectivity index (χ3v) is 34.1. The molecule has 0 saturated carbocycles. The first-order valence-corrected chi connectivity index (χ1v) is 45.6. The average molecular weight is 2320 g/mol. The van der Waals surface area contributed by atoms with Gasteiger partial charge >= 0.3 is 89.5 Å². The largest absolute Gasteiger partial charge is 1.00 e. The van der Waals surface area contributed by atoms with E-state index >= 15 is 0 Å². The van der Waals surface area contributed by atoms with Gasteiger partial charge in [-0.1, -0.05) is 291 Å². The Morgan fingerprint density at radius 2 is 0.314 bits per heavy atom. The zero-order chi connectivity index (χ0) is 77.7. The van der Waals surface area contributed by atoms with Crippen LogP contribution in [0.25, 0.3) is 22.3 Å². The van der Waals surface area contributed by atoms with Crippen LogP contribution in [0.2, 0.25) is 0 Å². The summed E-state index contributed by atoms with van der Waals surface area (Å²) in [6.45, 7) is 0. The summed E-state index contributed by atoms with van der Waals surface area (Å²) in [4.78, 5) is 0. The van der Waals surface area contributed by atoms with Gasteiger partial charge in [0.25, 0.3) is 0 Å². The summed E-state index contributed by atoms with van der Waals surface area (Å²) in [7, 11) is -3.13. The molecule has 16 aromatic carbocycles. The van der Waals surface area contributed by atoms with E-state index in [-0.39, 0.29) is 89.5 Å². The molecule has 584 valence electrons. The summed E-state index contributed by atoms with van der Waals surface area (Å²) in [5.41, 5.74) is 16.0. The molecular formula is C110H84Au4P4+4. The van der Waals surface area contributed by atoms with E-state index in [0.29, 0.717) is 0 Å². The Morgan fingerprint density at radius 1 is 0.178 bits per heavy atom. The van der Waals surface area contributed by atoms with Crippen LogP contribution in [0.4, 0.5) is 0 Å². The van der Waals surface area contributed by atoms with E-state index in [1.807, 2.05) is 72.8 Å². The second kappa shape index (κ2) is 43.9. The molecule has 0 saturated heterocycles.